The van der Waals surface area contributed by atoms with E-state index in [4.69, 9.17) is 4.74 Å². The number of carbonyl (C=O) groups excluding carboxylic acids is 1. The zero-order valence-corrected chi connectivity index (χ0v) is 10.8. The Hall–Kier alpha value is 0.200. The van der Waals surface area contributed by atoms with Crippen LogP contribution in [0, 0.1) is 0 Å². The number of alkyl halides is 1. The molecule has 0 saturated heterocycles. The SMILES string of the molecule is O=C(CCCCI)OC1CCCCC1. The van der Waals surface area contributed by atoms with Crippen molar-refractivity contribution < 1.29 is 9.53 Å². The number of unbranched alkanes of at least 4 members (excludes halogenated alkanes) is 1. The highest BCUT2D eigenvalue weighted by Crippen LogP contribution is 2.20. The van der Waals surface area contributed by atoms with Crippen molar-refractivity contribution in [1.82, 2.24) is 0 Å². The van der Waals surface area contributed by atoms with Crippen molar-refractivity contribution in [2.75, 3.05) is 4.43 Å². The van der Waals surface area contributed by atoms with Crippen LogP contribution in [0.2, 0.25) is 0 Å². The third-order valence-electron chi connectivity index (χ3n) is 2.61. The molecule has 3 heteroatoms. The largest absolute Gasteiger partial charge is 0.462 e. The maximum Gasteiger partial charge on any atom is 0.306 e. The number of rotatable bonds is 5. The van der Waals surface area contributed by atoms with Crippen LogP contribution in [0.25, 0.3) is 0 Å². The van der Waals surface area contributed by atoms with Crippen molar-refractivity contribution in [3.8, 4) is 0 Å². The molecule has 14 heavy (non-hydrogen) atoms. The van der Waals surface area contributed by atoms with Crippen LogP contribution < -0.4 is 0 Å². The third kappa shape index (κ3) is 5.17. The second-order valence-corrected chi connectivity index (χ2v) is 4.97. The summed E-state index contributed by atoms with van der Waals surface area (Å²) in [6.45, 7) is 0. The number of carbonyl (C=O) groups is 1. The number of hydrogen-bond donors (Lipinski definition) is 0. The number of esters is 1. The Bertz CT molecular complexity index is 165. The summed E-state index contributed by atoms with van der Waals surface area (Å²) in [7, 11) is 0. The van der Waals surface area contributed by atoms with Gasteiger partial charge in [0, 0.05) is 6.42 Å². The van der Waals surface area contributed by atoms with Gasteiger partial charge >= 0.3 is 5.97 Å². The molecule has 0 N–H and O–H groups in total. The Morgan fingerprint density at radius 3 is 2.57 bits per heavy atom. The summed E-state index contributed by atoms with van der Waals surface area (Å²) in [5.41, 5.74) is 0. The summed E-state index contributed by atoms with van der Waals surface area (Å²) in [6, 6.07) is 0. The predicted octanol–water partition coefficient (Wildman–Crippen LogP) is 3.47. The van der Waals surface area contributed by atoms with E-state index < -0.39 is 0 Å². The van der Waals surface area contributed by atoms with Crippen molar-refractivity contribution in [1.29, 1.82) is 0 Å². The van der Waals surface area contributed by atoms with Gasteiger partial charge in [-0.05, 0) is 43.0 Å². The minimum absolute atomic E-state index is 0.0155. The Morgan fingerprint density at radius 1 is 1.21 bits per heavy atom. The topological polar surface area (TPSA) is 26.3 Å². The first-order valence-electron chi connectivity index (χ1n) is 5.58. The normalized spacial score (nSPS) is 18.1. The zero-order chi connectivity index (χ0) is 10.2. The summed E-state index contributed by atoms with van der Waals surface area (Å²) in [6.07, 6.45) is 8.88. The lowest BCUT2D eigenvalue weighted by atomic mass is 9.98. The van der Waals surface area contributed by atoms with Crippen LogP contribution in [0.3, 0.4) is 0 Å². The van der Waals surface area contributed by atoms with Crippen LogP contribution in [-0.2, 0) is 9.53 Å². The van der Waals surface area contributed by atoms with Gasteiger partial charge in [-0.15, -0.1) is 0 Å². The van der Waals surface area contributed by atoms with Crippen molar-refractivity contribution in [3.63, 3.8) is 0 Å². The lowest BCUT2D eigenvalue weighted by Gasteiger charge is -2.21. The van der Waals surface area contributed by atoms with Crippen LogP contribution in [0.15, 0.2) is 0 Å². The average molecular weight is 310 g/mol. The molecule has 82 valence electrons. The molecule has 0 atom stereocenters. The zero-order valence-electron chi connectivity index (χ0n) is 8.64. The summed E-state index contributed by atoms with van der Waals surface area (Å²) in [5, 5.41) is 0. The molecule has 1 aliphatic rings. The van der Waals surface area contributed by atoms with Gasteiger partial charge in [0.2, 0.25) is 0 Å². The van der Waals surface area contributed by atoms with E-state index in [9.17, 15) is 4.79 Å². The minimum atomic E-state index is 0.0155. The molecule has 0 heterocycles. The van der Waals surface area contributed by atoms with E-state index >= 15 is 0 Å². The number of halogens is 1. The molecule has 0 spiro atoms. The third-order valence-corrected chi connectivity index (χ3v) is 3.38. The van der Waals surface area contributed by atoms with Gasteiger partial charge in [-0.1, -0.05) is 29.0 Å². The van der Waals surface area contributed by atoms with Gasteiger partial charge < -0.3 is 4.74 Å². The summed E-state index contributed by atoms with van der Waals surface area (Å²) >= 11 is 2.34. The van der Waals surface area contributed by atoms with Gasteiger partial charge in [0.15, 0.2) is 0 Å². The fourth-order valence-corrected chi connectivity index (χ4v) is 2.33. The van der Waals surface area contributed by atoms with E-state index in [1.54, 1.807) is 0 Å². The second kappa shape index (κ2) is 7.49. The maximum absolute atomic E-state index is 11.4. The van der Waals surface area contributed by atoms with Gasteiger partial charge in [-0.2, -0.15) is 0 Å². The van der Waals surface area contributed by atoms with E-state index in [0.29, 0.717) is 6.42 Å². The maximum atomic E-state index is 11.4. The smallest absolute Gasteiger partial charge is 0.306 e. The van der Waals surface area contributed by atoms with Gasteiger partial charge in [0.1, 0.15) is 6.10 Å². The van der Waals surface area contributed by atoms with Crippen LogP contribution in [0.1, 0.15) is 51.4 Å². The van der Waals surface area contributed by atoms with Gasteiger partial charge in [0.05, 0.1) is 0 Å². The molecule has 1 aliphatic carbocycles. The molecule has 1 saturated carbocycles. The molecule has 0 aromatic heterocycles. The van der Waals surface area contributed by atoms with Crippen LogP contribution in [0.5, 0.6) is 0 Å². The monoisotopic (exact) mass is 310 g/mol. The molecule has 0 unspecified atom stereocenters. The standard InChI is InChI=1S/C11H19IO2/c12-9-5-4-8-11(13)14-10-6-2-1-3-7-10/h10H,1-9H2. The molecular formula is C11H19IO2. The van der Waals surface area contributed by atoms with Crippen LogP contribution >= 0.6 is 22.6 Å². The van der Waals surface area contributed by atoms with Crippen molar-refractivity contribution in [3.05, 3.63) is 0 Å². The first-order valence-corrected chi connectivity index (χ1v) is 7.11. The minimum Gasteiger partial charge on any atom is -0.462 e. The highest BCUT2D eigenvalue weighted by molar-refractivity contribution is 14.1. The Labute approximate surface area is 99.9 Å². The fraction of sp³-hybridized carbons (Fsp3) is 0.909. The summed E-state index contributed by atoms with van der Waals surface area (Å²) in [4.78, 5) is 11.4. The van der Waals surface area contributed by atoms with Crippen molar-refractivity contribution in [2.45, 2.75) is 57.5 Å². The summed E-state index contributed by atoms with van der Waals surface area (Å²) < 4.78 is 6.53. The van der Waals surface area contributed by atoms with E-state index in [2.05, 4.69) is 22.6 Å². The van der Waals surface area contributed by atoms with E-state index in [1.165, 1.54) is 19.3 Å². The Kier molecular flexibility index (Phi) is 6.56. The highest BCUT2D eigenvalue weighted by Gasteiger charge is 2.16. The Balaban J connectivity index is 2.06. The molecule has 0 radical (unpaired) electrons. The first kappa shape index (κ1) is 12.3. The van der Waals surface area contributed by atoms with Crippen molar-refractivity contribution >= 4 is 28.6 Å². The highest BCUT2D eigenvalue weighted by atomic mass is 127. The molecule has 0 aliphatic heterocycles. The first-order chi connectivity index (χ1) is 6.83. The van der Waals surface area contributed by atoms with Crippen LogP contribution in [0.4, 0.5) is 0 Å². The Morgan fingerprint density at radius 2 is 1.93 bits per heavy atom. The van der Waals surface area contributed by atoms with E-state index in [0.717, 1.165) is 30.1 Å². The fourth-order valence-electron chi connectivity index (χ4n) is 1.79. The van der Waals surface area contributed by atoms with E-state index in [-0.39, 0.29) is 12.1 Å². The number of ether oxygens (including phenoxy) is 1. The molecule has 1 rings (SSSR count). The van der Waals surface area contributed by atoms with E-state index in [1.807, 2.05) is 0 Å². The molecular weight excluding hydrogens is 291 g/mol. The van der Waals surface area contributed by atoms with Crippen LogP contribution in [-0.4, -0.2) is 16.5 Å². The predicted molar refractivity (Wildman–Crippen MR) is 65.7 cm³/mol. The average Bonchev–Trinajstić information content (AvgIpc) is 2.20. The molecule has 0 bridgehead atoms. The molecule has 0 aromatic carbocycles. The molecule has 2 nitrogen and oxygen atoms in total. The molecule has 0 amide bonds. The lowest BCUT2D eigenvalue weighted by molar-refractivity contribution is -0.150. The van der Waals surface area contributed by atoms with Gasteiger partial charge in [-0.25, -0.2) is 0 Å². The second-order valence-electron chi connectivity index (χ2n) is 3.90. The number of hydrogen-bond acceptors (Lipinski definition) is 2. The molecule has 0 aromatic rings. The summed E-state index contributed by atoms with van der Waals surface area (Å²) in [5.74, 6) is 0.0155. The van der Waals surface area contributed by atoms with Gasteiger partial charge in [-0.3, -0.25) is 4.79 Å². The lowest BCUT2D eigenvalue weighted by Crippen LogP contribution is -2.20. The van der Waals surface area contributed by atoms with Gasteiger partial charge in [0.25, 0.3) is 0 Å². The quantitative estimate of drug-likeness (QED) is 0.336. The molecule has 1 fully saturated rings. The van der Waals surface area contributed by atoms with Crippen molar-refractivity contribution in [2.24, 2.45) is 0 Å².